The molecule has 0 spiro atoms. The molecule has 2 aromatic heterocycles. The highest BCUT2D eigenvalue weighted by molar-refractivity contribution is 6.05. The van der Waals surface area contributed by atoms with Crippen molar-refractivity contribution in [2.75, 3.05) is 38.0 Å². The van der Waals surface area contributed by atoms with E-state index in [0.717, 1.165) is 30.4 Å². The van der Waals surface area contributed by atoms with Gasteiger partial charge < -0.3 is 39.3 Å². The zero-order chi connectivity index (χ0) is 34.5. The third-order valence-corrected chi connectivity index (χ3v) is 8.60. The number of aromatic amines is 1. The number of esters is 1. The largest absolute Gasteiger partial charge is 0.493 e. The number of nitrogens with one attached hydrogen (secondary N) is 3. The second kappa shape index (κ2) is 14.5. The number of amides is 3. The van der Waals surface area contributed by atoms with Crippen LogP contribution in [0.25, 0.3) is 11.1 Å². The maximum absolute atomic E-state index is 13.2. The molecule has 0 radical (unpaired) electrons. The van der Waals surface area contributed by atoms with Gasteiger partial charge in [0.05, 0.1) is 43.8 Å². The second-order valence-corrected chi connectivity index (χ2v) is 11.9. The van der Waals surface area contributed by atoms with Gasteiger partial charge in [-0.05, 0) is 61.6 Å². The maximum Gasteiger partial charge on any atom is 0.354 e. The monoisotopic (exact) mass is 666 g/mol. The highest BCUT2D eigenvalue weighted by Crippen LogP contribution is 2.38. The molecule has 3 N–H and O–H groups in total. The molecule has 2 aromatic carbocycles. The summed E-state index contributed by atoms with van der Waals surface area (Å²) < 4.78 is 18.0. The number of H-pyrrole nitrogens is 1. The predicted octanol–water partition coefficient (Wildman–Crippen LogP) is 5.58. The summed E-state index contributed by atoms with van der Waals surface area (Å²) >= 11 is 0. The molecule has 13 nitrogen and oxygen atoms in total. The number of hydrogen-bond acceptors (Lipinski definition) is 8. The van der Waals surface area contributed by atoms with Crippen molar-refractivity contribution in [3.05, 3.63) is 77.9 Å². The molecular formula is C36H38N6O7. The zero-order valence-electron chi connectivity index (χ0n) is 27.6. The number of carbonyl (C=O) groups excluding carboxylic acids is 4. The van der Waals surface area contributed by atoms with Crippen LogP contribution in [-0.2, 0) is 16.6 Å². The SMILES string of the molecule is COC(=O)c1cc(-c2ccc(NC(=O)c3cc(NC(=O)CCCOc4cc5c(cc4OC)C(=O)N4CCCC[C@H]4C=N5)c[nH]3)cc2)cn1C. The first kappa shape index (κ1) is 33.1. The lowest BCUT2D eigenvalue weighted by Gasteiger charge is -2.32. The Bertz CT molecular complexity index is 1910. The Balaban J connectivity index is 0.982. The van der Waals surface area contributed by atoms with Crippen molar-refractivity contribution >= 4 is 47.0 Å². The van der Waals surface area contributed by atoms with Crippen molar-refractivity contribution in [3.8, 4) is 22.6 Å². The van der Waals surface area contributed by atoms with Crippen molar-refractivity contribution in [1.82, 2.24) is 14.5 Å². The Morgan fingerprint density at radius 3 is 2.57 bits per heavy atom. The van der Waals surface area contributed by atoms with Gasteiger partial charge in [-0.15, -0.1) is 0 Å². The smallest absolute Gasteiger partial charge is 0.354 e. The van der Waals surface area contributed by atoms with Gasteiger partial charge in [-0.25, -0.2) is 4.79 Å². The number of benzene rings is 2. The molecule has 49 heavy (non-hydrogen) atoms. The summed E-state index contributed by atoms with van der Waals surface area (Å²) in [6.07, 6.45) is 8.77. The molecule has 254 valence electrons. The molecule has 1 fully saturated rings. The fraction of sp³-hybridized carbons (Fsp3) is 0.306. The van der Waals surface area contributed by atoms with Gasteiger partial charge in [-0.2, -0.15) is 0 Å². The number of nitrogens with zero attached hydrogens (tertiary/aromatic N) is 3. The number of aliphatic imine (C=N–C) groups is 1. The maximum atomic E-state index is 13.2. The number of hydrogen-bond donors (Lipinski definition) is 3. The van der Waals surface area contributed by atoms with Gasteiger partial charge in [0.25, 0.3) is 11.8 Å². The normalized spacial score (nSPS) is 15.1. The summed E-state index contributed by atoms with van der Waals surface area (Å²) in [4.78, 5) is 60.0. The van der Waals surface area contributed by atoms with Crippen LogP contribution in [0.15, 0.2) is 65.9 Å². The molecule has 2 aliphatic rings. The van der Waals surface area contributed by atoms with Gasteiger partial charge in [-0.3, -0.25) is 19.4 Å². The van der Waals surface area contributed by atoms with Crippen LogP contribution < -0.4 is 20.1 Å². The molecular weight excluding hydrogens is 628 g/mol. The fourth-order valence-electron chi connectivity index (χ4n) is 6.00. The van der Waals surface area contributed by atoms with Crippen LogP contribution >= 0.6 is 0 Å². The van der Waals surface area contributed by atoms with Crippen molar-refractivity contribution in [3.63, 3.8) is 0 Å². The van der Waals surface area contributed by atoms with E-state index < -0.39 is 5.97 Å². The van der Waals surface area contributed by atoms with E-state index in [4.69, 9.17) is 14.2 Å². The van der Waals surface area contributed by atoms with Crippen LogP contribution in [0.4, 0.5) is 17.1 Å². The van der Waals surface area contributed by atoms with Crippen molar-refractivity contribution in [1.29, 1.82) is 0 Å². The molecule has 1 atom stereocenters. The van der Waals surface area contributed by atoms with E-state index in [1.54, 1.807) is 54.2 Å². The molecule has 4 heterocycles. The minimum absolute atomic E-state index is 0.00266. The predicted molar refractivity (Wildman–Crippen MR) is 184 cm³/mol. The number of ether oxygens (including phenoxy) is 3. The number of anilines is 2. The van der Waals surface area contributed by atoms with E-state index in [9.17, 15) is 19.2 Å². The Hall–Kier alpha value is -5.85. The molecule has 4 aromatic rings. The number of aryl methyl sites for hydroxylation is 1. The minimum atomic E-state index is -0.419. The lowest BCUT2D eigenvalue weighted by molar-refractivity contribution is -0.116. The Kier molecular flexibility index (Phi) is 9.79. The zero-order valence-corrected chi connectivity index (χ0v) is 27.6. The summed E-state index contributed by atoms with van der Waals surface area (Å²) in [5, 5.41) is 5.63. The quantitative estimate of drug-likeness (QED) is 0.139. The van der Waals surface area contributed by atoms with Crippen LogP contribution in [0.3, 0.4) is 0 Å². The van der Waals surface area contributed by atoms with Gasteiger partial charge in [0.1, 0.15) is 11.4 Å². The van der Waals surface area contributed by atoms with Crippen molar-refractivity contribution < 1.29 is 33.4 Å². The Morgan fingerprint density at radius 2 is 1.80 bits per heavy atom. The van der Waals surface area contributed by atoms with Crippen LogP contribution in [0.1, 0.15) is 63.4 Å². The average molecular weight is 667 g/mol. The average Bonchev–Trinajstić information content (AvgIpc) is 3.72. The van der Waals surface area contributed by atoms with Gasteiger partial charge in [0, 0.05) is 55.9 Å². The standard InChI is InChI=1S/C36H38N6O7/c1-41-21-23(15-30(41)36(46)48-3)22-9-11-24(12-10-22)40-34(44)29-16-25(19-37-29)39-33(43)8-6-14-49-32-18-28-27(17-31(32)47-2)35(45)42-13-5-4-7-26(42)20-38-28/h9-12,15-21,26,37H,4-8,13-14H2,1-3H3,(H,39,43)(H,40,44)/t26-/m0/s1. The minimum Gasteiger partial charge on any atom is -0.493 e. The second-order valence-electron chi connectivity index (χ2n) is 11.9. The highest BCUT2D eigenvalue weighted by Gasteiger charge is 2.31. The highest BCUT2D eigenvalue weighted by atomic mass is 16.5. The number of methoxy groups -OCH3 is 2. The molecule has 2 aliphatic heterocycles. The summed E-state index contributed by atoms with van der Waals surface area (Å²) in [6.45, 7) is 0.952. The molecule has 13 heteroatoms. The summed E-state index contributed by atoms with van der Waals surface area (Å²) in [5.41, 5.74) is 4.50. The first-order valence-corrected chi connectivity index (χ1v) is 16.1. The number of rotatable bonds is 11. The van der Waals surface area contributed by atoms with Crippen LogP contribution in [0.2, 0.25) is 0 Å². The first-order chi connectivity index (χ1) is 23.7. The fourth-order valence-corrected chi connectivity index (χ4v) is 6.00. The third kappa shape index (κ3) is 7.35. The van der Waals surface area contributed by atoms with Gasteiger partial charge in [-0.1, -0.05) is 12.1 Å². The Labute approximate surface area is 283 Å². The van der Waals surface area contributed by atoms with E-state index in [0.29, 0.717) is 52.8 Å². The van der Waals surface area contributed by atoms with E-state index in [1.807, 2.05) is 29.4 Å². The van der Waals surface area contributed by atoms with E-state index >= 15 is 0 Å². The Morgan fingerprint density at radius 1 is 0.980 bits per heavy atom. The van der Waals surface area contributed by atoms with E-state index in [2.05, 4.69) is 20.6 Å². The van der Waals surface area contributed by atoms with Crippen LogP contribution in [0.5, 0.6) is 11.5 Å². The number of carbonyl (C=O) groups is 4. The summed E-state index contributed by atoms with van der Waals surface area (Å²) in [5.74, 6) is -0.193. The number of fused-ring (bicyclic) bond motifs is 2. The summed E-state index contributed by atoms with van der Waals surface area (Å²) in [6, 6.07) is 13.9. The molecule has 0 bridgehead atoms. The topological polar surface area (TPSA) is 156 Å². The molecule has 0 unspecified atom stereocenters. The molecule has 6 rings (SSSR count). The van der Waals surface area contributed by atoms with Gasteiger partial charge in [0.15, 0.2) is 11.5 Å². The van der Waals surface area contributed by atoms with Crippen molar-refractivity contribution in [2.45, 2.75) is 38.1 Å². The number of aromatic nitrogens is 2. The molecule has 0 aliphatic carbocycles. The van der Waals surface area contributed by atoms with E-state index in [-0.39, 0.29) is 42.5 Å². The lowest BCUT2D eigenvalue weighted by atomic mass is 10.0. The van der Waals surface area contributed by atoms with Crippen LogP contribution in [-0.4, -0.2) is 77.8 Å². The molecule has 3 amide bonds. The third-order valence-electron chi connectivity index (χ3n) is 8.60. The first-order valence-electron chi connectivity index (χ1n) is 16.1. The van der Waals surface area contributed by atoms with E-state index in [1.165, 1.54) is 14.2 Å². The van der Waals surface area contributed by atoms with Gasteiger partial charge >= 0.3 is 5.97 Å². The molecule has 1 saturated heterocycles. The molecule has 0 saturated carbocycles. The van der Waals surface area contributed by atoms with Gasteiger partial charge in [0.2, 0.25) is 5.91 Å². The summed E-state index contributed by atoms with van der Waals surface area (Å²) in [7, 11) is 4.63. The van der Waals surface area contributed by atoms with Crippen LogP contribution in [0, 0.1) is 0 Å². The van der Waals surface area contributed by atoms with Crippen molar-refractivity contribution in [2.24, 2.45) is 12.0 Å². The number of piperidine rings is 1. The lowest BCUT2D eigenvalue weighted by Crippen LogP contribution is -2.43.